The summed E-state index contributed by atoms with van der Waals surface area (Å²) >= 11 is 1.76. The van der Waals surface area contributed by atoms with Crippen molar-refractivity contribution in [3.63, 3.8) is 0 Å². The Balaban J connectivity index is 0.00000312. The van der Waals surface area contributed by atoms with Crippen LogP contribution in [0.5, 0.6) is 0 Å². The first-order valence-corrected chi connectivity index (χ1v) is 8.44. The van der Waals surface area contributed by atoms with E-state index in [2.05, 4.69) is 39.7 Å². The Bertz CT molecular complexity index is 651. The van der Waals surface area contributed by atoms with Gasteiger partial charge in [-0.15, -0.1) is 35.7 Å². The number of hydrogen-bond donors (Lipinski definition) is 2. The van der Waals surface area contributed by atoms with Crippen LogP contribution in [0.2, 0.25) is 0 Å². The van der Waals surface area contributed by atoms with Crippen LogP contribution in [0.25, 0.3) is 0 Å². The van der Waals surface area contributed by atoms with Crippen LogP contribution >= 0.6 is 35.7 Å². The van der Waals surface area contributed by atoms with Crippen molar-refractivity contribution in [2.45, 2.75) is 30.2 Å². The number of nitrogens with zero attached hydrogens (tertiary/aromatic N) is 3. The predicted octanol–water partition coefficient (Wildman–Crippen LogP) is 3.74. The molecule has 0 spiro atoms. The minimum atomic E-state index is -2.60. The highest BCUT2D eigenvalue weighted by Gasteiger charge is 2.12. The second kappa shape index (κ2) is 11.3. The van der Waals surface area contributed by atoms with E-state index in [0.29, 0.717) is 17.8 Å². The lowest BCUT2D eigenvalue weighted by molar-refractivity contribution is 0.0668. The average molecular weight is 481 g/mol. The molecule has 0 aliphatic carbocycles. The van der Waals surface area contributed by atoms with Gasteiger partial charge < -0.3 is 10.6 Å². The van der Waals surface area contributed by atoms with Crippen LogP contribution in [-0.4, -0.2) is 34.4 Å². The molecular weight excluding hydrogens is 459 g/mol. The van der Waals surface area contributed by atoms with Crippen LogP contribution in [0.1, 0.15) is 19.3 Å². The maximum absolute atomic E-state index is 12.8. The van der Waals surface area contributed by atoms with E-state index in [1.807, 2.05) is 18.2 Å². The van der Waals surface area contributed by atoms with E-state index in [-0.39, 0.29) is 36.3 Å². The molecule has 2 aromatic rings. The van der Waals surface area contributed by atoms with Gasteiger partial charge in [0.2, 0.25) is 0 Å². The molecule has 0 amide bonds. The van der Waals surface area contributed by atoms with Gasteiger partial charge in [0.15, 0.2) is 5.96 Å². The summed E-state index contributed by atoms with van der Waals surface area (Å²) in [6.45, 7) is 0.392. The van der Waals surface area contributed by atoms with Crippen LogP contribution in [0.15, 0.2) is 52.6 Å². The third-order valence-corrected chi connectivity index (χ3v) is 4.35. The highest BCUT2D eigenvalue weighted by atomic mass is 127. The van der Waals surface area contributed by atoms with Crippen molar-refractivity contribution in [3.8, 4) is 0 Å². The van der Waals surface area contributed by atoms with E-state index < -0.39 is 6.55 Å². The molecule has 1 atom stereocenters. The normalized spacial score (nSPS) is 12.6. The Morgan fingerprint density at radius 1 is 1.28 bits per heavy atom. The summed E-state index contributed by atoms with van der Waals surface area (Å²) in [5.74, 6) is 0.819. The number of aromatic nitrogens is 2. The lowest BCUT2D eigenvalue weighted by Crippen LogP contribution is -2.40. The highest BCUT2D eigenvalue weighted by Crippen LogP contribution is 2.21. The first kappa shape index (κ1) is 21.7. The molecule has 0 bridgehead atoms. The lowest BCUT2D eigenvalue weighted by atomic mass is 10.4. The minimum absolute atomic E-state index is 0. The number of halogens is 3. The van der Waals surface area contributed by atoms with Gasteiger partial charge >= 0.3 is 6.55 Å². The predicted molar refractivity (Wildman–Crippen MR) is 109 cm³/mol. The molecule has 0 fully saturated rings. The monoisotopic (exact) mass is 481 g/mol. The molecule has 1 aromatic heterocycles. The summed E-state index contributed by atoms with van der Waals surface area (Å²) in [7, 11) is 1.64. The highest BCUT2D eigenvalue weighted by molar-refractivity contribution is 14.0. The van der Waals surface area contributed by atoms with Gasteiger partial charge in [0.1, 0.15) is 5.82 Å². The summed E-state index contributed by atoms with van der Waals surface area (Å²) in [5.41, 5.74) is 0. The Labute approximate surface area is 167 Å². The van der Waals surface area contributed by atoms with Crippen LogP contribution in [0, 0.1) is 0 Å². The molecule has 2 rings (SSSR count). The van der Waals surface area contributed by atoms with Crippen LogP contribution < -0.4 is 10.6 Å². The summed E-state index contributed by atoms with van der Waals surface area (Å²) in [5, 5.41) is 6.52. The van der Waals surface area contributed by atoms with E-state index in [4.69, 9.17) is 0 Å². The Kier molecular flexibility index (Phi) is 9.79. The molecule has 1 unspecified atom stereocenters. The quantitative estimate of drug-likeness (QED) is 0.274. The molecule has 138 valence electrons. The fourth-order valence-corrected chi connectivity index (χ4v) is 3.00. The standard InChI is InChI=1S/C16H21F2N5S.HI/c1-12(24-13-6-4-3-5-7-13)10-21-16(19-2)22-11-14-20-8-9-23(14)15(17)18;/h3-9,12,15H,10-11H2,1-2H3,(H2,19,21,22);1H. The SMILES string of the molecule is CN=C(NCc1nccn1C(F)F)NCC(C)Sc1ccccc1.I. The third kappa shape index (κ3) is 7.18. The third-order valence-electron chi connectivity index (χ3n) is 3.23. The minimum Gasteiger partial charge on any atom is -0.355 e. The number of rotatable bonds is 7. The van der Waals surface area contributed by atoms with Crippen LogP contribution in [0.3, 0.4) is 0 Å². The number of benzene rings is 1. The lowest BCUT2D eigenvalue weighted by Gasteiger charge is -2.16. The van der Waals surface area contributed by atoms with Gasteiger partial charge in [-0.2, -0.15) is 8.78 Å². The molecule has 0 aliphatic heterocycles. The second-order valence-electron chi connectivity index (χ2n) is 5.08. The summed E-state index contributed by atoms with van der Waals surface area (Å²) in [6, 6.07) is 10.1. The van der Waals surface area contributed by atoms with Crippen LogP contribution in [-0.2, 0) is 6.54 Å². The van der Waals surface area contributed by atoms with Gasteiger partial charge in [0.05, 0.1) is 6.54 Å². The molecule has 5 nitrogen and oxygen atoms in total. The zero-order valence-corrected chi connectivity index (χ0v) is 17.2. The van der Waals surface area contributed by atoms with Crippen LogP contribution in [0.4, 0.5) is 8.78 Å². The van der Waals surface area contributed by atoms with E-state index in [1.165, 1.54) is 17.3 Å². The number of aliphatic imine (C=N–C) groups is 1. The smallest absolute Gasteiger partial charge is 0.319 e. The number of alkyl halides is 2. The molecule has 0 saturated carbocycles. The van der Waals surface area contributed by atoms with Crippen molar-refractivity contribution >= 4 is 41.7 Å². The Morgan fingerprint density at radius 3 is 2.64 bits per heavy atom. The van der Waals surface area contributed by atoms with E-state index >= 15 is 0 Å². The van der Waals surface area contributed by atoms with Gasteiger partial charge in [-0.05, 0) is 12.1 Å². The van der Waals surface area contributed by atoms with E-state index in [0.717, 1.165) is 4.57 Å². The number of imidazole rings is 1. The fraction of sp³-hybridized carbons (Fsp3) is 0.375. The molecule has 1 heterocycles. The van der Waals surface area contributed by atoms with Gasteiger partial charge in [0, 0.05) is 36.1 Å². The van der Waals surface area contributed by atoms with E-state index in [9.17, 15) is 8.78 Å². The van der Waals surface area contributed by atoms with Gasteiger partial charge in [-0.3, -0.25) is 9.56 Å². The van der Waals surface area contributed by atoms with Gasteiger partial charge in [-0.25, -0.2) is 4.98 Å². The van der Waals surface area contributed by atoms with Crippen molar-refractivity contribution < 1.29 is 8.78 Å². The first-order valence-electron chi connectivity index (χ1n) is 7.56. The Morgan fingerprint density at radius 2 is 2.00 bits per heavy atom. The van der Waals surface area contributed by atoms with Crippen molar-refractivity contribution in [1.82, 2.24) is 20.2 Å². The van der Waals surface area contributed by atoms with Crippen molar-refractivity contribution in [1.29, 1.82) is 0 Å². The zero-order valence-electron chi connectivity index (χ0n) is 14.0. The van der Waals surface area contributed by atoms with Gasteiger partial charge in [0.25, 0.3) is 0 Å². The zero-order chi connectivity index (χ0) is 17.4. The maximum Gasteiger partial charge on any atom is 0.319 e. The molecule has 0 aliphatic rings. The molecular formula is C16H22F2IN5S. The summed E-state index contributed by atoms with van der Waals surface area (Å²) in [6.07, 6.45) is 2.62. The molecule has 9 heteroatoms. The van der Waals surface area contributed by atoms with Crippen molar-refractivity contribution in [2.24, 2.45) is 4.99 Å². The van der Waals surface area contributed by atoms with Crippen molar-refractivity contribution in [3.05, 3.63) is 48.5 Å². The molecule has 2 N–H and O–H groups in total. The first-order chi connectivity index (χ1) is 11.6. The van der Waals surface area contributed by atoms with Gasteiger partial charge in [-0.1, -0.05) is 25.1 Å². The average Bonchev–Trinajstić information content (AvgIpc) is 3.05. The number of guanidine groups is 1. The van der Waals surface area contributed by atoms with Crippen molar-refractivity contribution in [2.75, 3.05) is 13.6 Å². The second-order valence-corrected chi connectivity index (χ2v) is 6.59. The topological polar surface area (TPSA) is 54.2 Å². The summed E-state index contributed by atoms with van der Waals surface area (Å²) < 4.78 is 26.4. The number of hydrogen-bond acceptors (Lipinski definition) is 3. The van der Waals surface area contributed by atoms with E-state index in [1.54, 1.807) is 18.8 Å². The molecule has 0 radical (unpaired) electrons. The molecule has 0 saturated heterocycles. The number of thioether (sulfide) groups is 1. The Hall–Kier alpha value is -1.36. The summed E-state index contributed by atoms with van der Waals surface area (Å²) in [4.78, 5) is 9.23. The molecule has 25 heavy (non-hydrogen) atoms. The maximum atomic E-state index is 12.8. The number of nitrogens with one attached hydrogen (secondary N) is 2. The molecule has 1 aromatic carbocycles. The fourth-order valence-electron chi connectivity index (χ4n) is 2.06. The largest absolute Gasteiger partial charge is 0.355 e.